The molecule has 2 aromatic rings. The molecule has 1 N–H and O–H groups in total. The molecule has 2 amide bonds. The quantitative estimate of drug-likeness (QED) is 0.673. The Morgan fingerprint density at radius 1 is 1.26 bits per heavy atom. The molecule has 2 aliphatic heterocycles. The van der Waals surface area contributed by atoms with Gasteiger partial charge < -0.3 is 24.4 Å². The zero-order valence-corrected chi connectivity index (χ0v) is 20.6. The van der Waals surface area contributed by atoms with Gasteiger partial charge in [-0.25, -0.2) is 4.98 Å². The summed E-state index contributed by atoms with van der Waals surface area (Å²) in [7, 11) is 1.80. The molecule has 0 radical (unpaired) electrons. The molecular formula is C26H34N4O5. The van der Waals surface area contributed by atoms with Gasteiger partial charge in [-0.05, 0) is 43.5 Å². The Morgan fingerprint density at radius 3 is 2.66 bits per heavy atom. The zero-order chi connectivity index (χ0) is 24.9. The van der Waals surface area contributed by atoms with Crippen molar-refractivity contribution in [2.45, 2.75) is 38.8 Å². The van der Waals surface area contributed by atoms with Crippen molar-refractivity contribution in [1.82, 2.24) is 19.8 Å². The smallest absolute Gasteiger partial charge is 0.259 e. The minimum absolute atomic E-state index is 0.0431. The van der Waals surface area contributed by atoms with Gasteiger partial charge in [0.1, 0.15) is 11.7 Å². The first-order valence-electron chi connectivity index (χ1n) is 12.2. The highest BCUT2D eigenvalue weighted by molar-refractivity contribution is 5.98. The van der Waals surface area contributed by atoms with Gasteiger partial charge in [0.05, 0.1) is 19.2 Å². The van der Waals surface area contributed by atoms with Crippen molar-refractivity contribution >= 4 is 11.8 Å². The second-order valence-electron chi connectivity index (χ2n) is 9.54. The molecule has 9 heteroatoms. The molecule has 0 saturated carbocycles. The molecule has 2 aromatic heterocycles. The van der Waals surface area contributed by atoms with Crippen LogP contribution in [0.25, 0.3) is 11.1 Å². The molecule has 0 aliphatic carbocycles. The van der Waals surface area contributed by atoms with Crippen molar-refractivity contribution in [3.05, 3.63) is 42.4 Å². The van der Waals surface area contributed by atoms with Crippen LogP contribution in [0.3, 0.4) is 0 Å². The fourth-order valence-electron chi connectivity index (χ4n) is 4.64. The summed E-state index contributed by atoms with van der Waals surface area (Å²) in [4.78, 5) is 38.6. The summed E-state index contributed by atoms with van der Waals surface area (Å²) in [5.41, 5.74) is 2.00. The highest BCUT2D eigenvalue weighted by atomic mass is 16.5. The number of nitrogens with zero attached hydrogens (tertiary/aromatic N) is 4. The molecule has 1 saturated heterocycles. The molecule has 0 unspecified atom stereocenters. The molecule has 4 rings (SSSR count). The highest BCUT2D eigenvalue weighted by Crippen LogP contribution is 2.30. The molecule has 188 valence electrons. The van der Waals surface area contributed by atoms with Crippen LogP contribution >= 0.6 is 0 Å². The number of aliphatic hydroxyl groups is 1. The van der Waals surface area contributed by atoms with E-state index in [4.69, 9.17) is 9.47 Å². The Kier molecular flexibility index (Phi) is 7.97. The average Bonchev–Trinajstić information content (AvgIpc) is 2.90. The lowest BCUT2D eigenvalue weighted by molar-refractivity contribution is -0.138. The Balaban J connectivity index is 1.64. The second kappa shape index (κ2) is 11.1. The first-order valence-corrected chi connectivity index (χ1v) is 12.2. The van der Waals surface area contributed by atoms with E-state index in [1.54, 1.807) is 41.5 Å². The maximum absolute atomic E-state index is 13.6. The van der Waals surface area contributed by atoms with Crippen LogP contribution in [-0.4, -0.2) is 88.8 Å². The van der Waals surface area contributed by atoms with E-state index in [1.807, 2.05) is 26.0 Å². The number of fused-ring (bicyclic) bond motifs is 1. The average molecular weight is 483 g/mol. The number of carbonyl (C=O) groups is 2. The Bertz CT molecular complexity index is 1030. The monoisotopic (exact) mass is 482 g/mol. The fraction of sp³-hybridized carbons (Fsp3) is 0.538. The number of pyridine rings is 2. The fourth-order valence-corrected chi connectivity index (χ4v) is 4.64. The first kappa shape index (κ1) is 25.1. The van der Waals surface area contributed by atoms with E-state index >= 15 is 0 Å². The van der Waals surface area contributed by atoms with Gasteiger partial charge in [0.2, 0.25) is 11.8 Å². The van der Waals surface area contributed by atoms with Gasteiger partial charge >= 0.3 is 0 Å². The van der Waals surface area contributed by atoms with Crippen LogP contribution in [0.5, 0.6) is 5.88 Å². The Morgan fingerprint density at radius 2 is 1.97 bits per heavy atom. The van der Waals surface area contributed by atoms with E-state index in [1.165, 1.54) is 0 Å². The Hall–Kier alpha value is -3.04. The number of ether oxygens (including phenoxy) is 2. The summed E-state index contributed by atoms with van der Waals surface area (Å²) in [5.74, 6) is -0.0384. The van der Waals surface area contributed by atoms with Crippen molar-refractivity contribution in [2.75, 3.05) is 40.0 Å². The third-order valence-electron chi connectivity index (χ3n) is 6.94. The van der Waals surface area contributed by atoms with E-state index in [9.17, 15) is 14.7 Å². The van der Waals surface area contributed by atoms with Gasteiger partial charge in [0, 0.05) is 62.8 Å². The molecule has 3 atom stereocenters. The Labute approximate surface area is 206 Å². The molecule has 0 bridgehead atoms. The minimum Gasteiger partial charge on any atom is -0.472 e. The van der Waals surface area contributed by atoms with E-state index in [-0.39, 0.29) is 48.3 Å². The number of amides is 2. The van der Waals surface area contributed by atoms with Crippen molar-refractivity contribution < 1.29 is 24.2 Å². The molecule has 0 aromatic carbocycles. The lowest BCUT2D eigenvalue weighted by Crippen LogP contribution is -2.51. The van der Waals surface area contributed by atoms with Crippen LogP contribution in [0.4, 0.5) is 0 Å². The van der Waals surface area contributed by atoms with E-state index in [2.05, 4.69) is 9.97 Å². The first-order chi connectivity index (χ1) is 16.9. The van der Waals surface area contributed by atoms with Crippen molar-refractivity contribution in [3.63, 3.8) is 0 Å². The van der Waals surface area contributed by atoms with Crippen LogP contribution in [0.2, 0.25) is 0 Å². The standard InChI is InChI=1S/C26H34N4O5/c1-17-14-30(18(2)16-31)26(33)22-12-21(19-4-8-27-9-5-19)13-28-24(22)35-23(17)15-29(3)25(32)20-6-10-34-11-7-20/h4-5,8-9,12-13,17-18,20,23,31H,6-7,10-11,14-16H2,1-3H3/t17-,18+,23-/m0/s1. The summed E-state index contributed by atoms with van der Waals surface area (Å²) in [6.07, 6.45) is 6.14. The maximum atomic E-state index is 13.6. The summed E-state index contributed by atoms with van der Waals surface area (Å²) in [5, 5.41) is 9.85. The third-order valence-corrected chi connectivity index (χ3v) is 6.94. The maximum Gasteiger partial charge on any atom is 0.259 e. The molecule has 1 fully saturated rings. The van der Waals surface area contributed by atoms with Gasteiger partial charge in [-0.3, -0.25) is 14.6 Å². The molecule has 0 spiro atoms. The zero-order valence-electron chi connectivity index (χ0n) is 20.6. The second-order valence-corrected chi connectivity index (χ2v) is 9.54. The number of aliphatic hydroxyl groups excluding tert-OH is 1. The van der Waals surface area contributed by atoms with Crippen LogP contribution in [0.15, 0.2) is 36.8 Å². The van der Waals surface area contributed by atoms with E-state index in [0.29, 0.717) is 31.9 Å². The lowest BCUT2D eigenvalue weighted by Gasteiger charge is -2.38. The van der Waals surface area contributed by atoms with Crippen LogP contribution in [0, 0.1) is 11.8 Å². The summed E-state index contributed by atoms with van der Waals surface area (Å²) < 4.78 is 11.7. The summed E-state index contributed by atoms with van der Waals surface area (Å²) >= 11 is 0. The van der Waals surface area contributed by atoms with Gasteiger partial charge in [0.15, 0.2) is 0 Å². The van der Waals surface area contributed by atoms with Crippen LogP contribution in [0.1, 0.15) is 37.0 Å². The predicted molar refractivity (Wildman–Crippen MR) is 130 cm³/mol. The summed E-state index contributed by atoms with van der Waals surface area (Å²) in [6, 6.07) is 5.12. The van der Waals surface area contributed by atoms with Gasteiger partial charge in [-0.2, -0.15) is 0 Å². The lowest BCUT2D eigenvalue weighted by atomic mass is 9.97. The topological polar surface area (TPSA) is 105 Å². The number of hydrogen-bond acceptors (Lipinski definition) is 7. The highest BCUT2D eigenvalue weighted by Gasteiger charge is 2.35. The predicted octanol–water partition coefficient (Wildman–Crippen LogP) is 2.25. The number of hydrogen-bond donors (Lipinski definition) is 1. The third kappa shape index (κ3) is 5.62. The number of carbonyl (C=O) groups excluding carboxylic acids is 2. The van der Waals surface area contributed by atoms with Gasteiger partial charge in [0.25, 0.3) is 5.91 Å². The largest absolute Gasteiger partial charge is 0.472 e. The van der Waals surface area contributed by atoms with Crippen molar-refractivity contribution in [3.8, 4) is 17.0 Å². The molecule has 2 aliphatic rings. The molecular weight excluding hydrogens is 448 g/mol. The van der Waals surface area contributed by atoms with Gasteiger partial charge in [-0.15, -0.1) is 0 Å². The van der Waals surface area contributed by atoms with Crippen LogP contribution < -0.4 is 4.74 Å². The SMILES string of the molecule is C[C@H](CO)N1C[C@H](C)[C@H](CN(C)C(=O)C2CCOCC2)Oc2ncc(-c3ccncc3)cc2C1=O. The number of likely N-dealkylation sites (N-methyl/N-ethyl adjacent to an activating group) is 1. The van der Waals surface area contributed by atoms with Crippen molar-refractivity contribution in [2.24, 2.45) is 11.8 Å². The normalized spacial score (nSPS) is 21.9. The minimum atomic E-state index is -0.372. The van der Waals surface area contributed by atoms with Crippen molar-refractivity contribution in [1.29, 1.82) is 0 Å². The molecule has 4 heterocycles. The van der Waals surface area contributed by atoms with E-state index < -0.39 is 0 Å². The van der Waals surface area contributed by atoms with E-state index in [0.717, 1.165) is 24.0 Å². The number of rotatable bonds is 6. The molecule has 9 nitrogen and oxygen atoms in total. The molecule has 35 heavy (non-hydrogen) atoms. The van der Waals surface area contributed by atoms with Crippen LogP contribution in [-0.2, 0) is 9.53 Å². The summed E-state index contributed by atoms with van der Waals surface area (Å²) in [6.45, 7) is 5.64. The van der Waals surface area contributed by atoms with Gasteiger partial charge in [-0.1, -0.05) is 6.92 Å². The number of aromatic nitrogens is 2.